The van der Waals surface area contributed by atoms with Crippen LogP contribution in [0.25, 0.3) is 0 Å². The number of carbonyl (C=O) groups excluding carboxylic acids is 1. The molecule has 0 N–H and O–H groups in total. The first-order valence-corrected chi connectivity index (χ1v) is 5.71. The second kappa shape index (κ2) is 5.91. The molecule has 0 heterocycles. The van der Waals surface area contributed by atoms with Crippen molar-refractivity contribution in [3.05, 3.63) is 35.6 Å². The van der Waals surface area contributed by atoms with Gasteiger partial charge in [0.1, 0.15) is 5.82 Å². The zero-order chi connectivity index (χ0) is 10.4. The highest BCUT2D eigenvalue weighted by Crippen LogP contribution is 2.11. The van der Waals surface area contributed by atoms with Gasteiger partial charge in [-0.3, -0.25) is 4.79 Å². The van der Waals surface area contributed by atoms with Gasteiger partial charge in [0.05, 0.1) is 5.56 Å². The van der Waals surface area contributed by atoms with Crippen LogP contribution in [-0.2, 0) is 0 Å². The van der Waals surface area contributed by atoms with Gasteiger partial charge >= 0.3 is 0 Å². The molecule has 0 bridgehead atoms. The molecule has 3 heteroatoms. The maximum Gasteiger partial charge on any atom is 0.165 e. The summed E-state index contributed by atoms with van der Waals surface area (Å²) < 4.78 is 13.1. The highest BCUT2D eigenvalue weighted by Gasteiger charge is 2.09. The Labute approximate surface area is 91.5 Å². The minimum Gasteiger partial charge on any atom is -0.294 e. The number of Topliss-reactive ketones (excluding diaryl/α,β-unsaturated/α-hetero) is 1. The van der Waals surface area contributed by atoms with Crippen molar-refractivity contribution in [3.63, 3.8) is 0 Å². The summed E-state index contributed by atoms with van der Waals surface area (Å²) in [5, 5.41) is 0.886. The molecule has 0 saturated heterocycles. The van der Waals surface area contributed by atoms with E-state index in [0.29, 0.717) is 6.42 Å². The van der Waals surface area contributed by atoms with Gasteiger partial charge in [0.15, 0.2) is 5.78 Å². The Balaban J connectivity index is 2.56. The molecule has 1 nitrogen and oxygen atoms in total. The van der Waals surface area contributed by atoms with E-state index in [9.17, 15) is 9.18 Å². The molecular weight excluding hydrogens is 247 g/mol. The van der Waals surface area contributed by atoms with Crippen LogP contribution in [0.3, 0.4) is 0 Å². The molecule has 1 aromatic carbocycles. The number of benzene rings is 1. The van der Waals surface area contributed by atoms with Crippen LogP contribution in [0.4, 0.5) is 4.39 Å². The van der Waals surface area contributed by atoms with Gasteiger partial charge in [0.25, 0.3) is 0 Å². The van der Waals surface area contributed by atoms with Crippen LogP contribution >= 0.6 is 15.9 Å². The first-order chi connectivity index (χ1) is 6.75. The van der Waals surface area contributed by atoms with E-state index < -0.39 is 5.82 Å². The first-order valence-electron chi connectivity index (χ1n) is 4.59. The van der Waals surface area contributed by atoms with Crippen molar-refractivity contribution < 1.29 is 9.18 Å². The van der Waals surface area contributed by atoms with Crippen LogP contribution < -0.4 is 0 Å². The number of hydrogen-bond acceptors (Lipinski definition) is 1. The monoisotopic (exact) mass is 258 g/mol. The molecule has 0 aromatic heterocycles. The lowest BCUT2D eigenvalue weighted by molar-refractivity contribution is 0.0976. The maximum atomic E-state index is 13.1. The third-order valence-corrected chi connectivity index (χ3v) is 2.52. The summed E-state index contributed by atoms with van der Waals surface area (Å²) in [6.45, 7) is 0. The molecule has 0 saturated carbocycles. The van der Waals surface area contributed by atoms with Gasteiger partial charge in [-0.15, -0.1) is 0 Å². The molecule has 0 amide bonds. The smallest absolute Gasteiger partial charge is 0.165 e. The summed E-state index contributed by atoms with van der Waals surface area (Å²) >= 11 is 3.28. The van der Waals surface area contributed by atoms with Gasteiger partial charge < -0.3 is 0 Å². The molecule has 0 aliphatic carbocycles. The zero-order valence-electron chi connectivity index (χ0n) is 7.80. The summed E-state index contributed by atoms with van der Waals surface area (Å²) in [6.07, 6.45) is 2.17. The van der Waals surface area contributed by atoms with Crippen LogP contribution in [0.15, 0.2) is 24.3 Å². The second-order valence-electron chi connectivity index (χ2n) is 3.05. The fourth-order valence-corrected chi connectivity index (χ4v) is 1.60. The van der Waals surface area contributed by atoms with E-state index in [-0.39, 0.29) is 11.3 Å². The van der Waals surface area contributed by atoms with E-state index in [2.05, 4.69) is 15.9 Å². The molecule has 0 unspecified atom stereocenters. The van der Waals surface area contributed by atoms with Crippen molar-refractivity contribution in [2.24, 2.45) is 0 Å². The zero-order valence-corrected chi connectivity index (χ0v) is 9.39. The average molecular weight is 259 g/mol. The van der Waals surface area contributed by atoms with Crippen molar-refractivity contribution >= 4 is 21.7 Å². The SMILES string of the molecule is O=C(CCCCBr)c1ccccc1F. The molecule has 76 valence electrons. The van der Waals surface area contributed by atoms with Crippen molar-refractivity contribution in [3.8, 4) is 0 Å². The van der Waals surface area contributed by atoms with Crippen LogP contribution in [0.5, 0.6) is 0 Å². The number of hydrogen-bond donors (Lipinski definition) is 0. The summed E-state index contributed by atoms with van der Waals surface area (Å²) in [7, 11) is 0. The number of unbranched alkanes of at least 4 members (excludes halogenated alkanes) is 1. The maximum absolute atomic E-state index is 13.1. The summed E-state index contributed by atoms with van der Waals surface area (Å²) in [5.41, 5.74) is 0.210. The number of carbonyl (C=O) groups is 1. The normalized spacial score (nSPS) is 10.1. The number of halogens is 2. The lowest BCUT2D eigenvalue weighted by Crippen LogP contribution is -2.01. The topological polar surface area (TPSA) is 17.1 Å². The van der Waals surface area contributed by atoms with E-state index in [1.807, 2.05) is 0 Å². The third-order valence-electron chi connectivity index (χ3n) is 1.96. The molecule has 0 aliphatic rings. The Morgan fingerprint density at radius 1 is 1.29 bits per heavy atom. The summed E-state index contributed by atoms with van der Waals surface area (Å²) in [6, 6.07) is 6.12. The van der Waals surface area contributed by atoms with Crippen molar-refractivity contribution in [2.45, 2.75) is 19.3 Å². The van der Waals surface area contributed by atoms with E-state index >= 15 is 0 Å². The van der Waals surface area contributed by atoms with E-state index in [0.717, 1.165) is 18.2 Å². The number of alkyl halides is 1. The van der Waals surface area contributed by atoms with Gasteiger partial charge in [0, 0.05) is 11.8 Å². The Hall–Kier alpha value is -0.700. The fraction of sp³-hybridized carbons (Fsp3) is 0.364. The Morgan fingerprint density at radius 2 is 2.00 bits per heavy atom. The van der Waals surface area contributed by atoms with Crippen molar-refractivity contribution in [1.29, 1.82) is 0 Å². The summed E-state index contributed by atoms with van der Waals surface area (Å²) in [4.78, 5) is 11.5. The van der Waals surface area contributed by atoms with E-state index in [1.54, 1.807) is 12.1 Å². The van der Waals surface area contributed by atoms with Crippen molar-refractivity contribution in [2.75, 3.05) is 5.33 Å². The fourth-order valence-electron chi connectivity index (χ4n) is 1.20. The van der Waals surface area contributed by atoms with Gasteiger partial charge in [0.2, 0.25) is 0 Å². The van der Waals surface area contributed by atoms with Crippen LogP contribution in [0.1, 0.15) is 29.6 Å². The molecule has 0 spiro atoms. The van der Waals surface area contributed by atoms with Gasteiger partial charge in [-0.05, 0) is 25.0 Å². The standard InChI is InChI=1S/C11H12BrFO/c12-8-4-3-7-11(14)9-5-1-2-6-10(9)13/h1-2,5-6H,3-4,7-8H2. The van der Waals surface area contributed by atoms with Gasteiger partial charge in [-0.2, -0.15) is 0 Å². The predicted molar refractivity (Wildman–Crippen MR) is 58.4 cm³/mol. The first kappa shape index (κ1) is 11.4. The van der Waals surface area contributed by atoms with Gasteiger partial charge in [-0.25, -0.2) is 4.39 Å². The highest BCUT2D eigenvalue weighted by molar-refractivity contribution is 9.09. The van der Waals surface area contributed by atoms with Crippen molar-refractivity contribution in [1.82, 2.24) is 0 Å². The van der Waals surface area contributed by atoms with E-state index in [1.165, 1.54) is 12.1 Å². The molecule has 0 radical (unpaired) electrons. The highest BCUT2D eigenvalue weighted by atomic mass is 79.9. The molecule has 0 atom stereocenters. The Bertz CT molecular complexity index is 312. The van der Waals surface area contributed by atoms with E-state index in [4.69, 9.17) is 0 Å². The molecule has 0 aliphatic heterocycles. The predicted octanol–water partition coefficient (Wildman–Crippen LogP) is 3.57. The average Bonchev–Trinajstić information content (AvgIpc) is 2.18. The Morgan fingerprint density at radius 3 is 2.64 bits per heavy atom. The van der Waals surface area contributed by atoms with Crippen LogP contribution in [0.2, 0.25) is 0 Å². The molecule has 1 aromatic rings. The third kappa shape index (κ3) is 3.22. The van der Waals surface area contributed by atoms with Crippen LogP contribution in [-0.4, -0.2) is 11.1 Å². The lowest BCUT2D eigenvalue weighted by atomic mass is 10.1. The quantitative estimate of drug-likeness (QED) is 0.448. The van der Waals surface area contributed by atoms with Gasteiger partial charge in [-0.1, -0.05) is 28.1 Å². The molecular formula is C11H12BrFO. The largest absolute Gasteiger partial charge is 0.294 e. The Kier molecular flexibility index (Phi) is 4.80. The molecule has 14 heavy (non-hydrogen) atoms. The molecule has 1 rings (SSSR count). The minimum absolute atomic E-state index is 0.107. The summed E-state index contributed by atoms with van der Waals surface area (Å²) in [5.74, 6) is -0.527. The molecule has 0 fully saturated rings. The lowest BCUT2D eigenvalue weighted by Gasteiger charge is -2.01. The van der Waals surface area contributed by atoms with Crippen LogP contribution in [0, 0.1) is 5.82 Å². The minimum atomic E-state index is -0.420. The second-order valence-corrected chi connectivity index (χ2v) is 3.84. The number of rotatable bonds is 5. The number of ketones is 1.